The molecule has 6 nitrogen and oxygen atoms in total. The van der Waals surface area contributed by atoms with Crippen LogP contribution in [0.15, 0.2) is 52.4 Å². The summed E-state index contributed by atoms with van der Waals surface area (Å²) in [4.78, 5) is 17.4. The van der Waals surface area contributed by atoms with Crippen molar-refractivity contribution in [3.63, 3.8) is 0 Å². The van der Waals surface area contributed by atoms with E-state index in [9.17, 15) is 13.2 Å². The molecule has 1 saturated heterocycles. The minimum atomic E-state index is -3.49. The maximum absolute atomic E-state index is 13.0. The van der Waals surface area contributed by atoms with Gasteiger partial charge in [0.15, 0.2) is 0 Å². The Labute approximate surface area is 199 Å². The zero-order valence-electron chi connectivity index (χ0n) is 19.2. The van der Waals surface area contributed by atoms with Crippen molar-refractivity contribution in [3.05, 3.63) is 59.2 Å². The van der Waals surface area contributed by atoms with Gasteiger partial charge in [-0.15, -0.1) is 0 Å². The van der Waals surface area contributed by atoms with Crippen LogP contribution >= 0.6 is 11.8 Å². The standard InChI is InChI=1S/C25H29N3O3S2/c1-17-7-8-18(2)23(13-17)26-24(29)16-32-25-14-19(3)21-15-20(9-10-22(21)27-25)33(30,31)28-11-5-4-6-12-28/h7-10,13-15H,4-6,11-12,16H2,1-3H3,(H,26,29). The zero-order chi connectivity index (χ0) is 23.6. The first kappa shape index (κ1) is 23.7. The average Bonchev–Trinajstić information content (AvgIpc) is 2.80. The van der Waals surface area contributed by atoms with E-state index in [2.05, 4.69) is 10.3 Å². The highest BCUT2D eigenvalue weighted by atomic mass is 32.2. The van der Waals surface area contributed by atoms with Crippen molar-refractivity contribution in [3.8, 4) is 0 Å². The summed E-state index contributed by atoms with van der Waals surface area (Å²) in [6.07, 6.45) is 2.89. The van der Waals surface area contributed by atoms with E-state index < -0.39 is 10.0 Å². The van der Waals surface area contributed by atoms with Gasteiger partial charge < -0.3 is 5.32 Å². The summed E-state index contributed by atoms with van der Waals surface area (Å²) >= 11 is 1.37. The van der Waals surface area contributed by atoms with Crippen molar-refractivity contribution in [2.24, 2.45) is 0 Å². The molecule has 1 aromatic heterocycles. The number of nitrogens with zero attached hydrogens (tertiary/aromatic N) is 2. The number of hydrogen-bond donors (Lipinski definition) is 1. The van der Waals surface area contributed by atoms with Crippen molar-refractivity contribution in [1.29, 1.82) is 0 Å². The lowest BCUT2D eigenvalue weighted by Gasteiger charge is -2.26. The number of pyridine rings is 1. The lowest BCUT2D eigenvalue weighted by atomic mass is 10.1. The Morgan fingerprint density at radius 2 is 1.76 bits per heavy atom. The second-order valence-corrected chi connectivity index (χ2v) is 11.5. The fourth-order valence-corrected chi connectivity index (χ4v) is 6.35. The number of rotatable bonds is 6. The van der Waals surface area contributed by atoms with Gasteiger partial charge in [-0.3, -0.25) is 4.79 Å². The number of carbonyl (C=O) groups is 1. The molecule has 0 saturated carbocycles. The van der Waals surface area contributed by atoms with Gasteiger partial charge in [0, 0.05) is 24.2 Å². The lowest BCUT2D eigenvalue weighted by Crippen LogP contribution is -2.35. The maximum Gasteiger partial charge on any atom is 0.243 e. The first-order valence-electron chi connectivity index (χ1n) is 11.2. The van der Waals surface area contributed by atoms with Gasteiger partial charge in [0.25, 0.3) is 0 Å². The Bertz CT molecular complexity index is 1300. The number of hydrogen-bond acceptors (Lipinski definition) is 5. The molecule has 2 heterocycles. The molecule has 1 fully saturated rings. The largest absolute Gasteiger partial charge is 0.325 e. The number of thioether (sulfide) groups is 1. The molecule has 3 aromatic rings. The summed E-state index contributed by atoms with van der Waals surface area (Å²) in [6.45, 7) is 7.07. The molecular weight excluding hydrogens is 454 g/mol. The molecule has 0 aliphatic carbocycles. The number of piperidine rings is 1. The van der Waals surface area contributed by atoms with Crippen molar-refractivity contribution >= 4 is 44.3 Å². The quantitative estimate of drug-likeness (QED) is 0.496. The predicted octanol–water partition coefficient (Wildman–Crippen LogP) is 5.07. The van der Waals surface area contributed by atoms with Crippen LogP contribution in [-0.4, -0.2) is 42.5 Å². The summed E-state index contributed by atoms with van der Waals surface area (Å²) in [6, 6.07) is 13.0. The van der Waals surface area contributed by atoms with Gasteiger partial charge in [0.05, 0.1) is 21.2 Å². The molecule has 174 valence electrons. The molecule has 4 rings (SSSR count). The highest BCUT2D eigenvalue weighted by molar-refractivity contribution is 7.99. The number of aromatic nitrogens is 1. The van der Waals surface area contributed by atoms with E-state index in [0.29, 0.717) is 18.0 Å². The van der Waals surface area contributed by atoms with Crippen LogP contribution in [0.25, 0.3) is 10.9 Å². The van der Waals surface area contributed by atoms with E-state index in [0.717, 1.165) is 57.6 Å². The normalized spacial score (nSPS) is 15.0. The molecule has 0 atom stereocenters. The Balaban J connectivity index is 1.49. The van der Waals surface area contributed by atoms with E-state index in [1.807, 2.05) is 45.0 Å². The molecule has 0 bridgehead atoms. The van der Waals surface area contributed by atoms with Crippen LogP contribution < -0.4 is 5.32 Å². The Morgan fingerprint density at radius 3 is 2.52 bits per heavy atom. The number of anilines is 1. The van der Waals surface area contributed by atoms with Crippen molar-refractivity contribution in [1.82, 2.24) is 9.29 Å². The summed E-state index contributed by atoms with van der Waals surface area (Å²) < 4.78 is 27.7. The van der Waals surface area contributed by atoms with Gasteiger partial charge in [-0.1, -0.05) is 30.3 Å². The maximum atomic E-state index is 13.0. The van der Waals surface area contributed by atoms with Crippen molar-refractivity contribution in [2.45, 2.75) is 50.0 Å². The summed E-state index contributed by atoms with van der Waals surface area (Å²) in [5.41, 5.74) is 4.61. The molecule has 0 radical (unpaired) electrons. The molecule has 0 unspecified atom stereocenters. The first-order chi connectivity index (χ1) is 15.7. The second-order valence-electron chi connectivity index (χ2n) is 8.58. The van der Waals surface area contributed by atoms with Gasteiger partial charge in [-0.25, -0.2) is 13.4 Å². The Kier molecular flexibility index (Phi) is 7.07. The van der Waals surface area contributed by atoms with Crippen molar-refractivity contribution < 1.29 is 13.2 Å². The van der Waals surface area contributed by atoms with Gasteiger partial charge in [0.2, 0.25) is 15.9 Å². The summed E-state index contributed by atoms with van der Waals surface area (Å²) in [5, 5.41) is 4.52. The Morgan fingerprint density at radius 1 is 1.00 bits per heavy atom. The van der Waals surface area contributed by atoms with Crippen LogP contribution in [0.1, 0.15) is 36.0 Å². The highest BCUT2D eigenvalue weighted by Gasteiger charge is 2.26. The molecule has 0 spiro atoms. The van der Waals surface area contributed by atoms with Crippen LogP contribution in [0.2, 0.25) is 0 Å². The zero-order valence-corrected chi connectivity index (χ0v) is 20.9. The van der Waals surface area contributed by atoms with E-state index in [1.54, 1.807) is 22.5 Å². The van der Waals surface area contributed by atoms with Gasteiger partial charge in [-0.2, -0.15) is 4.31 Å². The first-order valence-corrected chi connectivity index (χ1v) is 13.6. The third kappa shape index (κ3) is 5.39. The fraction of sp³-hybridized carbons (Fsp3) is 0.360. The minimum Gasteiger partial charge on any atom is -0.325 e. The number of fused-ring (bicyclic) bond motifs is 1. The van der Waals surface area contributed by atoms with Crippen LogP contribution in [0, 0.1) is 20.8 Å². The molecular formula is C25H29N3O3S2. The predicted molar refractivity (Wildman–Crippen MR) is 134 cm³/mol. The molecule has 1 aliphatic heterocycles. The molecule has 1 N–H and O–H groups in total. The SMILES string of the molecule is Cc1ccc(C)c(NC(=O)CSc2cc(C)c3cc(S(=O)(=O)N4CCCCC4)ccc3n2)c1. The number of amides is 1. The molecule has 33 heavy (non-hydrogen) atoms. The third-order valence-corrected chi connectivity index (χ3v) is 8.74. The molecule has 2 aromatic carbocycles. The van der Waals surface area contributed by atoms with E-state index in [4.69, 9.17) is 0 Å². The summed E-state index contributed by atoms with van der Waals surface area (Å²) in [5.74, 6) is 0.156. The van der Waals surface area contributed by atoms with Gasteiger partial charge >= 0.3 is 0 Å². The second kappa shape index (κ2) is 9.83. The lowest BCUT2D eigenvalue weighted by molar-refractivity contribution is -0.113. The smallest absolute Gasteiger partial charge is 0.243 e. The van der Waals surface area contributed by atoms with Crippen molar-refractivity contribution in [2.75, 3.05) is 24.2 Å². The minimum absolute atomic E-state index is 0.0868. The number of benzene rings is 2. The summed E-state index contributed by atoms with van der Waals surface area (Å²) in [7, 11) is -3.49. The van der Waals surface area contributed by atoms with Crippen LogP contribution in [0.5, 0.6) is 0 Å². The van der Waals surface area contributed by atoms with Gasteiger partial charge in [-0.05, 0) is 80.6 Å². The fourth-order valence-electron chi connectivity index (χ4n) is 4.03. The van der Waals surface area contributed by atoms with E-state index in [-0.39, 0.29) is 11.7 Å². The highest BCUT2D eigenvalue weighted by Crippen LogP contribution is 2.28. The number of nitrogens with one attached hydrogen (secondary N) is 1. The molecule has 1 aliphatic rings. The van der Waals surface area contributed by atoms with E-state index in [1.165, 1.54) is 11.8 Å². The van der Waals surface area contributed by atoms with E-state index >= 15 is 0 Å². The average molecular weight is 484 g/mol. The van der Waals surface area contributed by atoms with Crippen LogP contribution in [0.3, 0.4) is 0 Å². The van der Waals surface area contributed by atoms with Crippen LogP contribution in [0.4, 0.5) is 5.69 Å². The topological polar surface area (TPSA) is 79.4 Å². The third-order valence-electron chi connectivity index (χ3n) is 5.93. The molecule has 8 heteroatoms. The number of sulfonamides is 1. The monoisotopic (exact) mass is 483 g/mol. The number of aryl methyl sites for hydroxylation is 3. The van der Waals surface area contributed by atoms with Gasteiger partial charge in [0.1, 0.15) is 0 Å². The number of carbonyl (C=O) groups excluding carboxylic acids is 1. The Hall–Kier alpha value is -2.42. The van der Waals surface area contributed by atoms with Crippen LogP contribution in [-0.2, 0) is 14.8 Å². The molecule has 1 amide bonds.